The molecule has 2 saturated heterocycles. The minimum atomic E-state index is -0.0691. The summed E-state index contributed by atoms with van der Waals surface area (Å²) < 4.78 is 0. The zero-order valence-electron chi connectivity index (χ0n) is 13.1. The molecule has 2 aliphatic rings. The normalized spacial score (nSPS) is 23.6. The first-order chi connectivity index (χ1) is 10.6. The van der Waals surface area contributed by atoms with Crippen LogP contribution in [0.2, 0.25) is 0 Å². The number of hydrogen-bond donors (Lipinski definition) is 3. The topological polar surface area (TPSA) is 64.6 Å². The fraction of sp³-hybridized carbons (Fsp3) is 0.588. The summed E-state index contributed by atoms with van der Waals surface area (Å²) in [7, 11) is 1.83. The number of benzene rings is 1. The predicted molar refractivity (Wildman–Crippen MR) is 85.5 cm³/mol. The standard InChI is InChI=1S/C17H25N3O2/c1-20(11-13-3-2-4-14(21)9-13)16(22)15-10-17(12-19-15)5-7-18-8-6-17/h2-4,9,15,18-19,21H,5-8,10-12H2,1H3. The summed E-state index contributed by atoms with van der Waals surface area (Å²) in [6.07, 6.45) is 3.25. The number of rotatable bonds is 3. The monoisotopic (exact) mass is 303 g/mol. The van der Waals surface area contributed by atoms with Gasteiger partial charge in [0.25, 0.3) is 0 Å². The highest BCUT2D eigenvalue weighted by molar-refractivity contribution is 5.82. The summed E-state index contributed by atoms with van der Waals surface area (Å²) >= 11 is 0. The lowest BCUT2D eigenvalue weighted by molar-refractivity contribution is -0.132. The number of piperidine rings is 1. The summed E-state index contributed by atoms with van der Waals surface area (Å²) in [6.45, 7) is 3.59. The van der Waals surface area contributed by atoms with E-state index in [1.807, 2.05) is 13.1 Å². The Kier molecular flexibility index (Phi) is 4.36. The van der Waals surface area contributed by atoms with E-state index < -0.39 is 0 Å². The predicted octanol–water partition coefficient (Wildman–Crippen LogP) is 1.08. The number of phenols is 1. The smallest absolute Gasteiger partial charge is 0.239 e. The van der Waals surface area contributed by atoms with E-state index in [0.717, 1.165) is 44.5 Å². The molecule has 2 heterocycles. The Morgan fingerprint density at radius 2 is 2.18 bits per heavy atom. The Labute approximate surface area is 131 Å². The van der Waals surface area contributed by atoms with Gasteiger partial charge in [0.15, 0.2) is 0 Å². The highest BCUT2D eigenvalue weighted by Gasteiger charge is 2.42. The molecule has 22 heavy (non-hydrogen) atoms. The third-order valence-electron chi connectivity index (χ3n) is 5.03. The number of carbonyl (C=O) groups is 1. The highest BCUT2D eigenvalue weighted by atomic mass is 16.3. The summed E-state index contributed by atoms with van der Waals surface area (Å²) in [5.74, 6) is 0.393. The molecule has 5 heteroatoms. The van der Waals surface area contributed by atoms with Crippen LogP contribution in [0.25, 0.3) is 0 Å². The van der Waals surface area contributed by atoms with E-state index in [2.05, 4.69) is 10.6 Å². The van der Waals surface area contributed by atoms with Gasteiger partial charge in [0.05, 0.1) is 6.04 Å². The van der Waals surface area contributed by atoms with Crippen LogP contribution in [0.15, 0.2) is 24.3 Å². The van der Waals surface area contributed by atoms with Gasteiger partial charge in [-0.2, -0.15) is 0 Å². The van der Waals surface area contributed by atoms with Crippen molar-refractivity contribution in [2.45, 2.75) is 31.8 Å². The number of nitrogens with zero attached hydrogens (tertiary/aromatic N) is 1. The molecule has 3 rings (SSSR count). The van der Waals surface area contributed by atoms with Gasteiger partial charge in [-0.25, -0.2) is 0 Å². The van der Waals surface area contributed by atoms with Crippen LogP contribution in [0, 0.1) is 5.41 Å². The van der Waals surface area contributed by atoms with E-state index in [1.54, 1.807) is 23.1 Å². The van der Waals surface area contributed by atoms with Crippen LogP contribution in [0.5, 0.6) is 5.75 Å². The number of carbonyl (C=O) groups excluding carboxylic acids is 1. The number of likely N-dealkylation sites (N-methyl/N-ethyl adjacent to an activating group) is 1. The third kappa shape index (κ3) is 3.25. The van der Waals surface area contributed by atoms with Crippen LogP contribution in [-0.4, -0.2) is 48.6 Å². The van der Waals surface area contributed by atoms with E-state index in [0.29, 0.717) is 12.0 Å². The van der Waals surface area contributed by atoms with Gasteiger partial charge >= 0.3 is 0 Å². The molecule has 0 aromatic heterocycles. The first kappa shape index (κ1) is 15.3. The van der Waals surface area contributed by atoms with Crippen molar-refractivity contribution in [3.8, 4) is 5.75 Å². The molecular formula is C17H25N3O2. The lowest BCUT2D eigenvalue weighted by Crippen LogP contribution is -2.41. The Morgan fingerprint density at radius 1 is 1.41 bits per heavy atom. The van der Waals surface area contributed by atoms with Crippen LogP contribution in [0.4, 0.5) is 0 Å². The van der Waals surface area contributed by atoms with Crippen molar-refractivity contribution in [2.24, 2.45) is 5.41 Å². The molecule has 1 amide bonds. The van der Waals surface area contributed by atoms with Gasteiger partial charge in [-0.1, -0.05) is 12.1 Å². The van der Waals surface area contributed by atoms with Gasteiger partial charge in [0.1, 0.15) is 5.75 Å². The number of aromatic hydroxyl groups is 1. The Hall–Kier alpha value is -1.59. The van der Waals surface area contributed by atoms with Crippen molar-refractivity contribution >= 4 is 5.91 Å². The molecule has 2 aliphatic heterocycles. The second-order valence-corrected chi connectivity index (χ2v) is 6.75. The van der Waals surface area contributed by atoms with Gasteiger partial charge in [-0.3, -0.25) is 4.79 Å². The maximum absolute atomic E-state index is 12.6. The van der Waals surface area contributed by atoms with Gasteiger partial charge < -0.3 is 20.6 Å². The zero-order chi connectivity index (χ0) is 15.6. The number of nitrogens with one attached hydrogen (secondary N) is 2. The molecular weight excluding hydrogens is 278 g/mol. The van der Waals surface area contributed by atoms with Crippen LogP contribution < -0.4 is 10.6 Å². The fourth-order valence-electron chi connectivity index (χ4n) is 3.70. The van der Waals surface area contributed by atoms with Crippen molar-refractivity contribution in [2.75, 3.05) is 26.7 Å². The highest BCUT2D eigenvalue weighted by Crippen LogP contribution is 2.37. The lowest BCUT2D eigenvalue weighted by Gasteiger charge is -2.33. The first-order valence-electron chi connectivity index (χ1n) is 8.05. The summed E-state index contributed by atoms with van der Waals surface area (Å²) in [5.41, 5.74) is 1.25. The van der Waals surface area contributed by atoms with Gasteiger partial charge in [0, 0.05) is 20.1 Å². The third-order valence-corrected chi connectivity index (χ3v) is 5.03. The molecule has 0 bridgehead atoms. The lowest BCUT2D eigenvalue weighted by atomic mass is 9.77. The summed E-state index contributed by atoms with van der Waals surface area (Å²) in [6, 6.07) is 7.02. The fourth-order valence-corrected chi connectivity index (χ4v) is 3.70. The molecule has 2 fully saturated rings. The zero-order valence-corrected chi connectivity index (χ0v) is 13.1. The van der Waals surface area contributed by atoms with Crippen LogP contribution in [-0.2, 0) is 11.3 Å². The molecule has 1 aromatic rings. The van der Waals surface area contributed by atoms with Crippen LogP contribution >= 0.6 is 0 Å². The largest absolute Gasteiger partial charge is 0.508 e. The number of phenolic OH excluding ortho intramolecular Hbond substituents is 1. The summed E-state index contributed by atoms with van der Waals surface area (Å²) in [4.78, 5) is 14.4. The van der Waals surface area contributed by atoms with Crippen molar-refractivity contribution < 1.29 is 9.90 Å². The van der Waals surface area contributed by atoms with E-state index in [9.17, 15) is 9.90 Å². The van der Waals surface area contributed by atoms with E-state index in [4.69, 9.17) is 0 Å². The van der Waals surface area contributed by atoms with E-state index in [-0.39, 0.29) is 17.7 Å². The second kappa shape index (κ2) is 6.26. The van der Waals surface area contributed by atoms with Crippen LogP contribution in [0.3, 0.4) is 0 Å². The van der Waals surface area contributed by atoms with Crippen molar-refractivity contribution in [1.29, 1.82) is 0 Å². The first-order valence-corrected chi connectivity index (χ1v) is 8.05. The van der Waals surface area contributed by atoms with Crippen molar-refractivity contribution in [3.63, 3.8) is 0 Å². The molecule has 0 aliphatic carbocycles. The van der Waals surface area contributed by atoms with E-state index >= 15 is 0 Å². The molecule has 120 valence electrons. The van der Waals surface area contributed by atoms with Crippen molar-refractivity contribution in [3.05, 3.63) is 29.8 Å². The maximum Gasteiger partial charge on any atom is 0.239 e. The average Bonchev–Trinajstić information content (AvgIpc) is 2.91. The minimum Gasteiger partial charge on any atom is -0.508 e. The molecule has 5 nitrogen and oxygen atoms in total. The average molecular weight is 303 g/mol. The minimum absolute atomic E-state index is 0.0691. The van der Waals surface area contributed by atoms with E-state index in [1.165, 1.54) is 0 Å². The Bertz CT molecular complexity index is 540. The Morgan fingerprint density at radius 3 is 2.91 bits per heavy atom. The molecule has 1 atom stereocenters. The molecule has 3 N–H and O–H groups in total. The Balaban J connectivity index is 1.59. The van der Waals surface area contributed by atoms with Crippen molar-refractivity contribution in [1.82, 2.24) is 15.5 Å². The summed E-state index contributed by atoms with van der Waals surface area (Å²) in [5, 5.41) is 16.3. The van der Waals surface area contributed by atoms with Gasteiger partial charge in [-0.15, -0.1) is 0 Å². The van der Waals surface area contributed by atoms with Gasteiger partial charge in [0.2, 0.25) is 5.91 Å². The number of amides is 1. The SMILES string of the molecule is CN(Cc1cccc(O)c1)C(=O)C1CC2(CCNCC2)CN1. The molecule has 0 saturated carbocycles. The molecule has 1 unspecified atom stereocenters. The quantitative estimate of drug-likeness (QED) is 0.782. The molecule has 0 radical (unpaired) electrons. The van der Waals surface area contributed by atoms with Crippen LogP contribution in [0.1, 0.15) is 24.8 Å². The second-order valence-electron chi connectivity index (χ2n) is 6.75. The van der Waals surface area contributed by atoms with Gasteiger partial charge in [-0.05, 0) is 55.5 Å². The number of hydrogen-bond acceptors (Lipinski definition) is 4. The maximum atomic E-state index is 12.6. The molecule has 1 spiro atoms. The molecule has 1 aromatic carbocycles.